The Morgan fingerprint density at radius 1 is 0.443 bits per heavy atom. The van der Waals surface area contributed by atoms with Crippen LogP contribution in [0.3, 0.4) is 0 Å². The predicted molar refractivity (Wildman–Crippen MR) is 259 cm³/mol. The van der Waals surface area contributed by atoms with Gasteiger partial charge >= 0.3 is 0 Å². The number of aromatic nitrogens is 1. The molecule has 0 saturated carbocycles. The number of anilines is 2. The van der Waals surface area contributed by atoms with Crippen LogP contribution in [0.4, 0.5) is 11.4 Å². The van der Waals surface area contributed by atoms with E-state index in [1.54, 1.807) is 0 Å². The molecule has 9 aromatic carbocycles. The van der Waals surface area contributed by atoms with Crippen molar-refractivity contribution in [3.05, 3.63) is 242 Å². The summed E-state index contributed by atoms with van der Waals surface area (Å²) in [5.41, 5.74) is 16.8. The van der Waals surface area contributed by atoms with Gasteiger partial charge in [-0.25, -0.2) is 0 Å². The molecule has 1 unspecified atom stereocenters. The quantitative estimate of drug-likeness (QED) is 0.149. The Balaban J connectivity index is 1.15. The van der Waals surface area contributed by atoms with E-state index in [-0.39, 0.29) is 0 Å². The molecule has 0 aliphatic heterocycles. The van der Waals surface area contributed by atoms with Crippen molar-refractivity contribution < 1.29 is 0 Å². The van der Waals surface area contributed by atoms with Crippen LogP contribution in [0.2, 0.25) is 0 Å². The highest BCUT2D eigenvalue weighted by Gasteiger charge is 2.25. The number of fused-ring (bicyclic) bond motifs is 4. The Labute approximate surface area is 357 Å². The summed E-state index contributed by atoms with van der Waals surface area (Å²) in [4.78, 5) is 2.48. The van der Waals surface area contributed by atoms with Gasteiger partial charge in [-0.1, -0.05) is 177 Å². The molecule has 10 aromatic rings. The van der Waals surface area contributed by atoms with E-state index in [1.807, 2.05) is 0 Å². The first-order valence-corrected chi connectivity index (χ1v) is 21.3. The largest absolute Gasteiger partial charge is 0.310 e. The molecule has 0 fully saturated rings. The average Bonchev–Trinajstić information content (AvgIpc) is 3.67. The molecular weight excluding hydrogens is 737 g/mol. The molecule has 0 N–H and O–H groups in total. The van der Waals surface area contributed by atoms with Gasteiger partial charge in [0.1, 0.15) is 0 Å². The second-order valence-electron chi connectivity index (χ2n) is 16.1. The summed E-state index contributed by atoms with van der Waals surface area (Å²) in [6.45, 7) is 2.36. The smallest absolute Gasteiger partial charge is 0.0553 e. The molecule has 1 aromatic heterocycles. The van der Waals surface area contributed by atoms with Crippen molar-refractivity contribution in [3.63, 3.8) is 0 Å². The summed E-state index contributed by atoms with van der Waals surface area (Å²) in [6, 6.07) is 79.8. The summed E-state index contributed by atoms with van der Waals surface area (Å²) in [5, 5.41) is 5.00. The third kappa shape index (κ3) is 6.54. The van der Waals surface area contributed by atoms with Crippen molar-refractivity contribution in [1.29, 1.82) is 0 Å². The van der Waals surface area contributed by atoms with Gasteiger partial charge in [-0.2, -0.15) is 0 Å². The van der Waals surface area contributed by atoms with E-state index in [2.05, 4.69) is 247 Å². The van der Waals surface area contributed by atoms with Crippen LogP contribution >= 0.6 is 0 Å². The Morgan fingerprint density at radius 2 is 1.08 bits per heavy atom. The summed E-state index contributed by atoms with van der Waals surface area (Å²) in [5.74, 6) is 0.342. The average molecular weight is 781 g/mol. The van der Waals surface area contributed by atoms with Crippen molar-refractivity contribution in [2.75, 3.05) is 4.90 Å². The van der Waals surface area contributed by atoms with Gasteiger partial charge in [-0.3, -0.25) is 0 Å². The van der Waals surface area contributed by atoms with E-state index in [1.165, 1.54) is 82.8 Å². The molecule has 1 aliphatic carbocycles. The first-order valence-electron chi connectivity index (χ1n) is 21.3. The third-order valence-corrected chi connectivity index (χ3v) is 12.4. The van der Waals surface area contributed by atoms with Gasteiger partial charge in [0.15, 0.2) is 0 Å². The maximum Gasteiger partial charge on any atom is 0.0553 e. The van der Waals surface area contributed by atoms with E-state index in [4.69, 9.17) is 0 Å². The second kappa shape index (κ2) is 15.5. The lowest BCUT2D eigenvalue weighted by atomic mass is 9.85. The fourth-order valence-corrected chi connectivity index (χ4v) is 9.57. The maximum absolute atomic E-state index is 2.48. The molecule has 11 rings (SSSR count). The zero-order chi connectivity index (χ0) is 40.7. The van der Waals surface area contributed by atoms with Crippen LogP contribution in [0.1, 0.15) is 18.9 Å². The van der Waals surface area contributed by atoms with Gasteiger partial charge in [0, 0.05) is 33.5 Å². The second-order valence-corrected chi connectivity index (χ2v) is 16.1. The first kappa shape index (κ1) is 36.4. The number of hydrogen-bond acceptors (Lipinski definition) is 1. The van der Waals surface area contributed by atoms with Crippen LogP contribution in [-0.4, -0.2) is 4.57 Å². The standard InChI is InChI=1S/C59H44N2/c1-41-18-15-33-56(58(41)45-22-7-3-8-23-45)60(49-36-34-44(35-37-49)52-31-17-24-43-21-11-12-29-51(43)52)50-28-16-25-46(38-50)54-39-47(42-19-5-2-6-20-42)40-57-59(54)53-30-13-14-32-55(53)61(57)48-26-9-4-10-27-48/h2-17,19-41H,18H2,1H3. The van der Waals surface area contributed by atoms with Gasteiger partial charge in [0.2, 0.25) is 0 Å². The highest BCUT2D eigenvalue weighted by atomic mass is 15.1. The van der Waals surface area contributed by atoms with E-state index in [0.717, 1.165) is 23.5 Å². The van der Waals surface area contributed by atoms with E-state index in [9.17, 15) is 0 Å². The summed E-state index contributed by atoms with van der Waals surface area (Å²) < 4.78 is 2.43. The van der Waals surface area contributed by atoms with Gasteiger partial charge in [0.05, 0.1) is 11.0 Å². The molecule has 61 heavy (non-hydrogen) atoms. The van der Waals surface area contributed by atoms with Gasteiger partial charge in [-0.15, -0.1) is 0 Å². The minimum Gasteiger partial charge on any atom is -0.310 e. The number of allylic oxidation sites excluding steroid dienone is 3. The fraction of sp³-hybridized carbons (Fsp3) is 0.0508. The number of hydrogen-bond donors (Lipinski definition) is 0. The maximum atomic E-state index is 2.48. The molecule has 0 spiro atoms. The molecule has 1 atom stereocenters. The summed E-state index contributed by atoms with van der Waals surface area (Å²) in [7, 11) is 0. The molecule has 1 aliphatic rings. The zero-order valence-corrected chi connectivity index (χ0v) is 34.1. The summed E-state index contributed by atoms with van der Waals surface area (Å²) in [6.07, 6.45) is 5.69. The molecule has 2 nitrogen and oxygen atoms in total. The number of benzene rings is 9. The van der Waals surface area contributed by atoms with Crippen LogP contribution in [-0.2, 0) is 0 Å². The fourth-order valence-electron chi connectivity index (χ4n) is 9.57. The normalized spacial score (nSPS) is 14.0. The topological polar surface area (TPSA) is 8.17 Å². The lowest BCUT2D eigenvalue weighted by molar-refractivity contribution is 0.749. The van der Waals surface area contributed by atoms with E-state index >= 15 is 0 Å². The molecule has 0 bridgehead atoms. The van der Waals surface area contributed by atoms with Crippen molar-refractivity contribution >= 4 is 49.5 Å². The zero-order valence-electron chi connectivity index (χ0n) is 34.1. The first-order chi connectivity index (χ1) is 30.2. The SMILES string of the molecule is CC1CC=CC(N(c2ccc(-c3cccc4ccccc34)cc2)c2cccc(-c3cc(-c4ccccc4)cc4c3c3ccccc3n4-c3ccccc3)c2)=C1c1ccccc1. The minimum absolute atomic E-state index is 0.342. The van der Waals surface area contributed by atoms with Gasteiger partial charge in [-0.05, 0) is 128 Å². The molecule has 290 valence electrons. The molecule has 0 saturated heterocycles. The summed E-state index contributed by atoms with van der Waals surface area (Å²) >= 11 is 0. The Hall–Kier alpha value is -7.68. The molecule has 2 heteroatoms. The van der Waals surface area contributed by atoms with Gasteiger partial charge < -0.3 is 9.47 Å². The number of rotatable bonds is 8. The van der Waals surface area contributed by atoms with Crippen molar-refractivity contribution in [1.82, 2.24) is 4.57 Å². The highest BCUT2D eigenvalue weighted by Crippen LogP contribution is 2.45. The Bertz CT molecular complexity index is 3260. The number of nitrogens with zero attached hydrogens (tertiary/aromatic N) is 2. The minimum atomic E-state index is 0.342. The third-order valence-electron chi connectivity index (χ3n) is 12.4. The van der Waals surface area contributed by atoms with Crippen LogP contribution in [0, 0.1) is 5.92 Å². The van der Waals surface area contributed by atoms with Crippen LogP contribution in [0.5, 0.6) is 0 Å². The predicted octanol–water partition coefficient (Wildman–Crippen LogP) is 16.1. The Kier molecular flexibility index (Phi) is 9.24. The lowest BCUT2D eigenvalue weighted by Gasteiger charge is -2.33. The van der Waals surface area contributed by atoms with Crippen LogP contribution < -0.4 is 4.90 Å². The Morgan fingerprint density at radius 3 is 1.87 bits per heavy atom. The van der Waals surface area contributed by atoms with Crippen LogP contribution in [0.15, 0.2) is 236 Å². The number of para-hydroxylation sites is 2. The van der Waals surface area contributed by atoms with Crippen molar-refractivity contribution in [3.8, 4) is 39.1 Å². The van der Waals surface area contributed by atoms with E-state index < -0.39 is 0 Å². The molecular formula is C59H44N2. The highest BCUT2D eigenvalue weighted by molar-refractivity contribution is 6.17. The molecule has 0 amide bonds. The molecule has 1 heterocycles. The van der Waals surface area contributed by atoms with Crippen LogP contribution in [0.25, 0.3) is 77.2 Å². The van der Waals surface area contributed by atoms with Crippen molar-refractivity contribution in [2.45, 2.75) is 13.3 Å². The van der Waals surface area contributed by atoms with E-state index in [0.29, 0.717) is 5.92 Å². The monoisotopic (exact) mass is 780 g/mol. The van der Waals surface area contributed by atoms with Crippen molar-refractivity contribution in [2.24, 2.45) is 5.92 Å². The molecule has 0 radical (unpaired) electrons. The van der Waals surface area contributed by atoms with Gasteiger partial charge in [0.25, 0.3) is 0 Å². The lowest BCUT2D eigenvalue weighted by Crippen LogP contribution is -2.20.